The number of aryl methyl sites for hydroxylation is 1. The van der Waals surface area contributed by atoms with Crippen LogP contribution < -0.4 is 0 Å². The zero-order valence-electron chi connectivity index (χ0n) is 8.99. The van der Waals surface area contributed by atoms with Crippen LogP contribution in [0.5, 0.6) is 0 Å². The van der Waals surface area contributed by atoms with Crippen LogP contribution in [0.2, 0.25) is 0 Å². The van der Waals surface area contributed by atoms with Crippen LogP contribution in [0.25, 0.3) is 0 Å². The smallest absolute Gasteiger partial charge is 0.167 e. The Morgan fingerprint density at radius 2 is 2.36 bits per heavy atom. The second-order valence-electron chi connectivity index (χ2n) is 4.58. The van der Waals surface area contributed by atoms with Gasteiger partial charge in [-0.3, -0.25) is 0 Å². The Kier molecular flexibility index (Phi) is 2.86. The predicted octanol–water partition coefficient (Wildman–Crippen LogP) is 3.09. The number of imidazole rings is 1. The number of nitrogens with zero attached hydrogens (tertiary/aromatic N) is 2. The number of hydrogen-bond acceptors (Lipinski definition) is 2. The van der Waals surface area contributed by atoms with E-state index in [4.69, 9.17) is 0 Å². The molecule has 1 saturated carbocycles. The van der Waals surface area contributed by atoms with Gasteiger partial charge in [0.1, 0.15) is 0 Å². The summed E-state index contributed by atoms with van der Waals surface area (Å²) in [5, 5.41) is 1.15. The molecule has 3 heteroatoms. The molecule has 78 valence electrons. The monoisotopic (exact) mass is 210 g/mol. The Hall–Kier alpha value is -0.440. The van der Waals surface area contributed by atoms with Crippen molar-refractivity contribution in [2.24, 2.45) is 12.5 Å². The Balaban J connectivity index is 1.75. The van der Waals surface area contributed by atoms with Crippen LogP contribution in [-0.2, 0) is 7.05 Å². The highest BCUT2D eigenvalue weighted by molar-refractivity contribution is 7.99. The third-order valence-corrected chi connectivity index (χ3v) is 4.33. The Morgan fingerprint density at radius 1 is 1.57 bits per heavy atom. The summed E-state index contributed by atoms with van der Waals surface area (Å²) in [5.74, 6) is 1.21. The molecular formula is C11H18N2S. The van der Waals surface area contributed by atoms with Crippen molar-refractivity contribution >= 4 is 11.8 Å². The van der Waals surface area contributed by atoms with Crippen LogP contribution in [0, 0.1) is 5.41 Å². The summed E-state index contributed by atoms with van der Waals surface area (Å²) >= 11 is 1.88. The molecule has 0 amide bonds. The molecule has 0 aromatic carbocycles. The summed E-state index contributed by atoms with van der Waals surface area (Å²) in [6.07, 6.45) is 9.50. The number of hydrogen-bond donors (Lipinski definition) is 0. The SMILES string of the molecule is Cn1ccnc1SCCC1(C)CCC1. The van der Waals surface area contributed by atoms with Gasteiger partial charge in [0.2, 0.25) is 0 Å². The zero-order valence-corrected chi connectivity index (χ0v) is 9.81. The summed E-state index contributed by atoms with van der Waals surface area (Å²) in [7, 11) is 2.06. The highest BCUT2D eigenvalue weighted by atomic mass is 32.2. The molecule has 1 fully saturated rings. The van der Waals surface area contributed by atoms with Gasteiger partial charge in [-0.25, -0.2) is 4.98 Å². The van der Waals surface area contributed by atoms with Crippen LogP contribution in [-0.4, -0.2) is 15.3 Å². The van der Waals surface area contributed by atoms with Crippen molar-refractivity contribution in [1.82, 2.24) is 9.55 Å². The van der Waals surface area contributed by atoms with Gasteiger partial charge in [0.15, 0.2) is 5.16 Å². The van der Waals surface area contributed by atoms with Gasteiger partial charge >= 0.3 is 0 Å². The minimum absolute atomic E-state index is 0.651. The van der Waals surface area contributed by atoms with E-state index in [0.717, 1.165) is 5.16 Å². The van der Waals surface area contributed by atoms with E-state index in [2.05, 4.69) is 23.5 Å². The quantitative estimate of drug-likeness (QED) is 0.711. The van der Waals surface area contributed by atoms with Crippen LogP contribution in [0.3, 0.4) is 0 Å². The first kappa shape index (κ1) is 10.1. The van der Waals surface area contributed by atoms with E-state index < -0.39 is 0 Å². The van der Waals surface area contributed by atoms with E-state index >= 15 is 0 Å². The van der Waals surface area contributed by atoms with Gasteiger partial charge in [-0.05, 0) is 24.7 Å². The maximum Gasteiger partial charge on any atom is 0.167 e. The van der Waals surface area contributed by atoms with Crippen LogP contribution >= 0.6 is 11.8 Å². The van der Waals surface area contributed by atoms with Crippen LogP contribution in [0.1, 0.15) is 32.6 Å². The standard InChI is InChI=1S/C11H18N2S/c1-11(4-3-5-11)6-9-14-10-12-7-8-13(10)2/h7-8H,3-6,9H2,1-2H3. The molecule has 0 N–H and O–H groups in total. The van der Waals surface area contributed by atoms with Crippen molar-refractivity contribution in [1.29, 1.82) is 0 Å². The molecule has 0 bridgehead atoms. The second kappa shape index (κ2) is 3.97. The molecule has 0 radical (unpaired) electrons. The Bertz CT molecular complexity index is 302. The zero-order chi connectivity index (χ0) is 10.0. The first-order valence-corrected chi connectivity index (χ1v) is 6.28. The third-order valence-electron chi connectivity index (χ3n) is 3.27. The molecule has 1 aromatic heterocycles. The first-order valence-electron chi connectivity index (χ1n) is 5.30. The molecule has 14 heavy (non-hydrogen) atoms. The summed E-state index contributed by atoms with van der Waals surface area (Å²) in [6.45, 7) is 2.41. The lowest BCUT2D eigenvalue weighted by Crippen LogP contribution is -2.25. The van der Waals surface area contributed by atoms with E-state index in [1.54, 1.807) is 0 Å². The lowest BCUT2D eigenvalue weighted by Gasteiger charge is -2.38. The molecule has 2 nitrogen and oxygen atoms in total. The molecular weight excluding hydrogens is 192 g/mol. The summed E-state index contributed by atoms with van der Waals surface area (Å²) in [6, 6.07) is 0. The fourth-order valence-corrected chi connectivity index (χ4v) is 3.09. The van der Waals surface area contributed by atoms with Crippen molar-refractivity contribution in [2.75, 3.05) is 5.75 Å². The molecule has 0 atom stereocenters. The minimum atomic E-state index is 0.651. The molecule has 1 aliphatic rings. The highest BCUT2D eigenvalue weighted by Crippen LogP contribution is 2.44. The highest BCUT2D eigenvalue weighted by Gasteiger charge is 2.30. The van der Waals surface area contributed by atoms with E-state index in [-0.39, 0.29) is 0 Å². The third kappa shape index (κ3) is 2.14. The summed E-state index contributed by atoms with van der Waals surface area (Å²) < 4.78 is 2.09. The Labute approximate surface area is 90.1 Å². The average Bonchev–Trinajstić information content (AvgIpc) is 2.49. The van der Waals surface area contributed by atoms with Gasteiger partial charge in [-0.1, -0.05) is 25.1 Å². The van der Waals surface area contributed by atoms with Crippen LogP contribution in [0.15, 0.2) is 17.6 Å². The molecule has 1 heterocycles. The molecule has 1 aromatic rings. The molecule has 0 unspecified atom stereocenters. The van der Waals surface area contributed by atoms with Gasteiger partial charge in [-0.15, -0.1) is 0 Å². The molecule has 2 rings (SSSR count). The minimum Gasteiger partial charge on any atom is -0.329 e. The fraction of sp³-hybridized carbons (Fsp3) is 0.727. The van der Waals surface area contributed by atoms with E-state index in [1.165, 1.54) is 31.4 Å². The first-order chi connectivity index (χ1) is 6.70. The normalized spacial score (nSPS) is 19.3. The van der Waals surface area contributed by atoms with Crippen LogP contribution in [0.4, 0.5) is 0 Å². The van der Waals surface area contributed by atoms with Gasteiger partial charge in [0, 0.05) is 25.2 Å². The molecule has 0 spiro atoms. The van der Waals surface area contributed by atoms with Gasteiger partial charge < -0.3 is 4.57 Å². The topological polar surface area (TPSA) is 17.8 Å². The van der Waals surface area contributed by atoms with Crippen molar-refractivity contribution in [2.45, 2.75) is 37.8 Å². The van der Waals surface area contributed by atoms with E-state index in [0.29, 0.717) is 5.41 Å². The van der Waals surface area contributed by atoms with Crippen molar-refractivity contribution < 1.29 is 0 Å². The number of aromatic nitrogens is 2. The van der Waals surface area contributed by atoms with E-state index in [9.17, 15) is 0 Å². The van der Waals surface area contributed by atoms with Crippen molar-refractivity contribution in [3.63, 3.8) is 0 Å². The van der Waals surface area contributed by atoms with E-state index in [1.807, 2.05) is 24.2 Å². The Morgan fingerprint density at radius 3 is 2.86 bits per heavy atom. The molecule has 0 aliphatic heterocycles. The van der Waals surface area contributed by atoms with Gasteiger partial charge in [0.05, 0.1) is 0 Å². The predicted molar refractivity (Wildman–Crippen MR) is 60.5 cm³/mol. The maximum absolute atomic E-state index is 4.31. The fourth-order valence-electron chi connectivity index (χ4n) is 1.91. The number of thioether (sulfide) groups is 1. The van der Waals surface area contributed by atoms with Crippen molar-refractivity contribution in [3.8, 4) is 0 Å². The maximum atomic E-state index is 4.31. The summed E-state index contributed by atoms with van der Waals surface area (Å²) in [5.41, 5.74) is 0.651. The molecule has 0 saturated heterocycles. The van der Waals surface area contributed by atoms with Gasteiger partial charge in [-0.2, -0.15) is 0 Å². The lowest BCUT2D eigenvalue weighted by molar-refractivity contribution is 0.156. The van der Waals surface area contributed by atoms with Gasteiger partial charge in [0.25, 0.3) is 0 Å². The molecule has 1 aliphatic carbocycles. The summed E-state index contributed by atoms with van der Waals surface area (Å²) in [4.78, 5) is 4.31. The number of rotatable bonds is 4. The largest absolute Gasteiger partial charge is 0.329 e. The second-order valence-corrected chi connectivity index (χ2v) is 5.65. The average molecular weight is 210 g/mol. The lowest BCUT2D eigenvalue weighted by atomic mass is 9.69. The van der Waals surface area contributed by atoms with Crippen molar-refractivity contribution in [3.05, 3.63) is 12.4 Å².